The fourth-order valence-corrected chi connectivity index (χ4v) is 4.38. The molecule has 1 aliphatic heterocycles. The summed E-state index contributed by atoms with van der Waals surface area (Å²) < 4.78 is 32.9. The molecule has 2 aromatic heterocycles. The van der Waals surface area contributed by atoms with E-state index in [-0.39, 0.29) is 11.8 Å². The molecule has 1 aromatic carbocycles. The van der Waals surface area contributed by atoms with Gasteiger partial charge in [-0.3, -0.25) is 4.79 Å². The van der Waals surface area contributed by atoms with Crippen LogP contribution in [0.3, 0.4) is 0 Å². The molecule has 0 spiro atoms. The maximum atomic E-state index is 13.5. The van der Waals surface area contributed by atoms with Gasteiger partial charge in [0.05, 0.1) is 17.5 Å². The average Bonchev–Trinajstić information content (AvgIpc) is 3.38. The van der Waals surface area contributed by atoms with Gasteiger partial charge in [0.2, 0.25) is 10.0 Å². The van der Waals surface area contributed by atoms with Gasteiger partial charge in [0, 0.05) is 25.8 Å². The lowest BCUT2D eigenvalue weighted by Gasteiger charge is -2.32. The van der Waals surface area contributed by atoms with Crippen molar-refractivity contribution in [2.45, 2.75) is 19.8 Å². The van der Waals surface area contributed by atoms with Gasteiger partial charge in [-0.25, -0.2) is 17.8 Å². The van der Waals surface area contributed by atoms with Crippen LogP contribution < -0.4 is 4.72 Å². The Kier molecular flexibility index (Phi) is 5.97. The van der Waals surface area contributed by atoms with E-state index < -0.39 is 10.0 Å². The van der Waals surface area contributed by atoms with E-state index in [1.807, 2.05) is 49.4 Å². The highest BCUT2D eigenvalue weighted by molar-refractivity contribution is 7.88. The van der Waals surface area contributed by atoms with E-state index in [0.717, 1.165) is 30.5 Å². The number of nitrogens with zero attached hydrogens (tertiary/aromatic N) is 3. The molecule has 0 bridgehead atoms. The molecule has 164 valence electrons. The average molecular weight is 443 g/mol. The van der Waals surface area contributed by atoms with Gasteiger partial charge in [-0.05, 0) is 49.9 Å². The topological polar surface area (TPSA) is 97.4 Å². The van der Waals surface area contributed by atoms with Crippen LogP contribution in [0.5, 0.6) is 0 Å². The van der Waals surface area contributed by atoms with Crippen LogP contribution >= 0.6 is 0 Å². The van der Waals surface area contributed by atoms with Crippen molar-refractivity contribution in [2.75, 3.05) is 25.9 Å². The molecule has 0 aliphatic carbocycles. The first-order valence-corrected chi connectivity index (χ1v) is 12.1. The number of hydrogen-bond donors (Lipinski definition) is 1. The second-order valence-electron chi connectivity index (χ2n) is 7.96. The molecule has 1 saturated heterocycles. The molecule has 1 fully saturated rings. The number of hydrogen-bond acceptors (Lipinski definition) is 5. The lowest BCUT2D eigenvalue weighted by Crippen LogP contribution is -2.43. The summed E-state index contributed by atoms with van der Waals surface area (Å²) in [6.45, 7) is 3.30. The van der Waals surface area contributed by atoms with Crippen LogP contribution in [0.15, 0.2) is 53.1 Å². The van der Waals surface area contributed by atoms with E-state index in [0.29, 0.717) is 36.7 Å². The number of nitrogens with one attached hydrogen (secondary N) is 1. The summed E-state index contributed by atoms with van der Waals surface area (Å²) in [5.41, 5.74) is 1.81. The second-order valence-corrected chi connectivity index (χ2v) is 9.79. The van der Waals surface area contributed by atoms with E-state index in [1.165, 1.54) is 0 Å². The van der Waals surface area contributed by atoms with E-state index in [9.17, 15) is 13.2 Å². The minimum atomic E-state index is -3.26. The lowest BCUT2D eigenvalue weighted by atomic mass is 9.97. The summed E-state index contributed by atoms with van der Waals surface area (Å²) in [5, 5.41) is 4.65. The zero-order chi connectivity index (χ0) is 22.0. The quantitative estimate of drug-likeness (QED) is 0.633. The number of benzene rings is 1. The van der Waals surface area contributed by atoms with Crippen molar-refractivity contribution in [3.8, 4) is 17.1 Å². The van der Waals surface area contributed by atoms with Crippen molar-refractivity contribution < 1.29 is 17.6 Å². The van der Waals surface area contributed by atoms with Crippen LogP contribution in [0.25, 0.3) is 17.1 Å². The third-order valence-corrected chi connectivity index (χ3v) is 6.07. The third-order valence-electron chi connectivity index (χ3n) is 5.38. The zero-order valence-electron chi connectivity index (χ0n) is 17.6. The van der Waals surface area contributed by atoms with E-state index in [1.54, 1.807) is 15.8 Å². The highest BCUT2D eigenvalue weighted by Gasteiger charge is 2.29. The minimum absolute atomic E-state index is 0.0749. The molecule has 0 radical (unpaired) electrons. The molecule has 1 aliphatic rings. The van der Waals surface area contributed by atoms with Gasteiger partial charge in [0.15, 0.2) is 5.76 Å². The van der Waals surface area contributed by atoms with Crippen molar-refractivity contribution in [2.24, 2.45) is 5.92 Å². The monoisotopic (exact) mass is 442 g/mol. The van der Waals surface area contributed by atoms with Gasteiger partial charge < -0.3 is 9.32 Å². The molecule has 8 nitrogen and oxygen atoms in total. The Morgan fingerprint density at radius 1 is 1.23 bits per heavy atom. The predicted octanol–water partition coefficient (Wildman–Crippen LogP) is 2.84. The molecule has 1 N–H and O–H groups in total. The lowest BCUT2D eigenvalue weighted by molar-refractivity contribution is 0.0677. The smallest absolute Gasteiger partial charge is 0.257 e. The van der Waals surface area contributed by atoms with Gasteiger partial charge in [-0.2, -0.15) is 5.10 Å². The first-order valence-electron chi connectivity index (χ1n) is 10.3. The minimum Gasteiger partial charge on any atom is -0.460 e. The summed E-state index contributed by atoms with van der Waals surface area (Å²) in [6, 6.07) is 13.3. The van der Waals surface area contributed by atoms with Crippen molar-refractivity contribution in [1.29, 1.82) is 0 Å². The molecule has 1 amide bonds. The number of carbonyl (C=O) groups is 1. The van der Waals surface area contributed by atoms with Crippen LogP contribution in [-0.4, -0.2) is 54.9 Å². The number of amides is 1. The van der Waals surface area contributed by atoms with Gasteiger partial charge >= 0.3 is 0 Å². The SMILES string of the molecule is Cc1ccc(-c2nn(-c3ccccc3)cc2C(=O)N2CCC[C@H](CNS(C)(=O)=O)C2)o1. The fraction of sp³-hybridized carbons (Fsp3) is 0.364. The van der Waals surface area contributed by atoms with E-state index >= 15 is 0 Å². The van der Waals surface area contributed by atoms with Crippen molar-refractivity contribution in [3.63, 3.8) is 0 Å². The fourth-order valence-electron chi connectivity index (χ4n) is 3.84. The molecule has 1 atom stereocenters. The molecular formula is C22H26N4O4S. The zero-order valence-corrected chi connectivity index (χ0v) is 18.4. The summed E-state index contributed by atoms with van der Waals surface area (Å²) in [5.74, 6) is 1.23. The van der Waals surface area contributed by atoms with E-state index in [2.05, 4.69) is 9.82 Å². The van der Waals surface area contributed by atoms with Crippen molar-refractivity contribution in [3.05, 3.63) is 60.0 Å². The van der Waals surface area contributed by atoms with Crippen LogP contribution in [0, 0.1) is 12.8 Å². The van der Waals surface area contributed by atoms with Gasteiger partial charge in [0.1, 0.15) is 11.5 Å². The predicted molar refractivity (Wildman–Crippen MR) is 117 cm³/mol. The summed E-state index contributed by atoms with van der Waals surface area (Å²) in [6.07, 6.45) is 4.58. The molecule has 9 heteroatoms. The number of aromatic nitrogens is 2. The number of likely N-dealkylation sites (tertiary alicyclic amines) is 1. The Morgan fingerprint density at radius 3 is 2.68 bits per heavy atom. The van der Waals surface area contributed by atoms with Gasteiger partial charge in [0.25, 0.3) is 5.91 Å². The Hall–Kier alpha value is -2.91. The van der Waals surface area contributed by atoms with Gasteiger partial charge in [-0.15, -0.1) is 0 Å². The third kappa shape index (κ3) is 5.05. The highest BCUT2D eigenvalue weighted by atomic mass is 32.2. The number of furan rings is 1. The Morgan fingerprint density at radius 2 is 2.00 bits per heavy atom. The van der Waals surface area contributed by atoms with Crippen LogP contribution in [0.2, 0.25) is 0 Å². The molecule has 4 rings (SSSR count). The highest BCUT2D eigenvalue weighted by Crippen LogP contribution is 2.28. The maximum absolute atomic E-state index is 13.5. The number of rotatable bonds is 6. The van der Waals surface area contributed by atoms with Crippen molar-refractivity contribution >= 4 is 15.9 Å². The molecule has 3 aromatic rings. The second kappa shape index (κ2) is 8.68. The van der Waals surface area contributed by atoms with E-state index in [4.69, 9.17) is 4.42 Å². The van der Waals surface area contributed by atoms with Gasteiger partial charge in [-0.1, -0.05) is 18.2 Å². The Labute approximate surface area is 181 Å². The maximum Gasteiger partial charge on any atom is 0.257 e. The largest absolute Gasteiger partial charge is 0.460 e. The van der Waals surface area contributed by atoms with Crippen LogP contribution in [0.4, 0.5) is 0 Å². The van der Waals surface area contributed by atoms with Crippen LogP contribution in [-0.2, 0) is 10.0 Å². The number of piperidine rings is 1. The standard InChI is InChI=1S/C22H26N4O4S/c1-16-10-11-20(30-16)21-19(15-26(24-21)18-8-4-3-5-9-18)22(27)25-12-6-7-17(14-25)13-23-31(2,28)29/h3-5,8-11,15,17,23H,6-7,12-14H2,1-2H3/t17-/m1/s1. The first kappa shape index (κ1) is 21.3. The first-order chi connectivity index (χ1) is 14.8. The summed E-state index contributed by atoms with van der Waals surface area (Å²) in [7, 11) is -3.26. The Balaban J connectivity index is 1.63. The normalized spacial score (nSPS) is 17.1. The van der Waals surface area contributed by atoms with Crippen molar-refractivity contribution in [1.82, 2.24) is 19.4 Å². The summed E-state index contributed by atoms with van der Waals surface area (Å²) in [4.78, 5) is 15.3. The Bertz CT molecular complexity index is 1170. The molecular weight excluding hydrogens is 416 g/mol. The molecule has 0 unspecified atom stereocenters. The summed E-state index contributed by atoms with van der Waals surface area (Å²) >= 11 is 0. The number of aryl methyl sites for hydroxylation is 1. The molecule has 3 heterocycles. The molecule has 0 saturated carbocycles. The molecule has 31 heavy (non-hydrogen) atoms. The van der Waals surface area contributed by atoms with Crippen LogP contribution in [0.1, 0.15) is 29.0 Å². The number of carbonyl (C=O) groups excluding carboxylic acids is 1. The number of para-hydroxylation sites is 1. The number of sulfonamides is 1.